The molecule has 198 valence electrons. The van der Waals surface area contributed by atoms with E-state index in [2.05, 4.69) is 78.7 Å². The van der Waals surface area contributed by atoms with Crippen LogP contribution in [0.4, 0.5) is 5.69 Å². The maximum Gasteiger partial charge on any atom is 0.215 e. The smallest absolute Gasteiger partial charge is 0.215 e. The molecular weight excluding hydrogens is 480 g/mol. The first kappa shape index (κ1) is 27.2. The summed E-state index contributed by atoms with van der Waals surface area (Å²) in [7, 11) is -0.113. The van der Waals surface area contributed by atoms with Crippen LogP contribution >= 0.6 is 0 Å². The second-order valence-corrected chi connectivity index (χ2v) is 16.1. The van der Waals surface area contributed by atoms with E-state index in [9.17, 15) is 5.26 Å². The maximum absolute atomic E-state index is 9.73. The lowest BCUT2D eigenvalue weighted by Gasteiger charge is -2.36. The minimum atomic E-state index is -1.72. The van der Waals surface area contributed by atoms with Gasteiger partial charge in [0, 0.05) is 47.8 Å². The van der Waals surface area contributed by atoms with Crippen molar-refractivity contribution in [1.29, 1.82) is 5.26 Å². The molecule has 0 bridgehead atoms. The van der Waals surface area contributed by atoms with Gasteiger partial charge in [0.1, 0.15) is 6.07 Å². The number of nitriles is 1. The Hall–Kier alpha value is -2.86. The summed E-state index contributed by atoms with van der Waals surface area (Å²) in [4.78, 5) is 6.72. The number of nitrogens with zero attached hydrogens (tertiary/aromatic N) is 4. The molecule has 0 unspecified atom stereocenters. The summed E-state index contributed by atoms with van der Waals surface area (Å²) >= 11 is 0. The summed E-state index contributed by atoms with van der Waals surface area (Å²) in [6.45, 7) is 16.6. The molecule has 7 nitrogen and oxygen atoms in total. The summed E-state index contributed by atoms with van der Waals surface area (Å²) in [6, 6.07) is 12.8. The Bertz CT molecular complexity index is 1260. The fraction of sp³-hybridized carbons (Fsp3) is 0.517. The van der Waals surface area contributed by atoms with Crippen LogP contribution < -0.4 is 9.64 Å². The molecule has 8 heteroatoms. The molecule has 0 amide bonds. The van der Waals surface area contributed by atoms with Crippen molar-refractivity contribution in [3.8, 4) is 17.6 Å². The Balaban J connectivity index is 1.37. The molecule has 37 heavy (non-hydrogen) atoms. The number of ether oxygens (including phenoxy) is 2. The molecule has 1 aromatic carbocycles. The third-order valence-corrected chi connectivity index (χ3v) is 12.5. The Kier molecular flexibility index (Phi) is 7.98. The molecule has 0 spiro atoms. The average molecular weight is 521 g/mol. The normalized spacial score (nSPS) is 15.2. The van der Waals surface area contributed by atoms with E-state index >= 15 is 0 Å². The van der Waals surface area contributed by atoms with Gasteiger partial charge in [-0.05, 0) is 62.2 Å². The summed E-state index contributed by atoms with van der Waals surface area (Å²) in [6.07, 6.45) is 4.04. The van der Waals surface area contributed by atoms with E-state index in [1.54, 1.807) is 13.3 Å². The molecule has 1 aliphatic rings. The van der Waals surface area contributed by atoms with Gasteiger partial charge in [-0.3, -0.25) is 0 Å². The summed E-state index contributed by atoms with van der Waals surface area (Å²) in [5, 5.41) is 10.8. The van der Waals surface area contributed by atoms with Crippen molar-refractivity contribution in [2.45, 2.75) is 64.8 Å². The van der Waals surface area contributed by atoms with Crippen molar-refractivity contribution < 1.29 is 13.9 Å². The van der Waals surface area contributed by atoms with Gasteiger partial charge in [-0.2, -0.15) is 5.26 Å². The minimum Gasteiger partial charge on any atom is -0.481 e. The lowest BCUT2D eigenvalue weighted by molar-refractivity contribution is 0.0180. The van der Waals surface area contributed by atoms with Crippen LogP contribution in [0.1, 0.15) is 44.9 Å². The predicted molar refractivity (Wildman–Crippen MR) is 151 cm³/mol. The fourth-order valence-electron chi connectivity index (χ4n) is 4.70. The Labute approximate surface area is 222 Å². The number of piperidine rings is 1. The average Bonchev–Trinajstić information content (AvgIpc) is 3.16. The minimum absolute atomic E-state index is 0.225. The van der Waals surface area contributed by atoms with Gasteiger partial charge in [0.2, 0.25) is 5.88 Å². The van der Waals surface area contributed by atoms with Crippen LogP contribution in [0.5, 0.6) is 5.88 Å². The first-order chi connectivity index (χ1) is 17.6. The second-order valence-electron chi connectivity index (χ2n) is 11.3. The van der Waals surface area contributed by atoms with Gasteiger partial charge < -0.3 is 23.4 Å². The Morgan fingerprint density at radius 2 is 1.73 bits per heavy atom. The van der Waals surface area contributed by atoms with E-state index in [0.717, 1.165) is 48.2 Å². The number of aromatic nitrogens is 2. The number of hydrogen-bond acceptors (Lipinski definition) is 6. The van der Waals surface area contributed by atoms with Crippen molar-refractivity contribution in [3.63, 3.8) is 0 Å². The Morgan fingerprint density at radius 3 is 2.32 bits per heavy atom. The monoisotopic (exact) mass is 520 g/mol. The molecule has 4 rings (SSSR count). The molecular formula is C29H40N4O3Si. The standard InChI is InChI=1S/C29H40N4O3Si/c1-21-25(19-30)26-20-31-28(34-5)18-27(26)33(21)23-10-8-22(9-11-23)32-14-12-24(13-15-32)35-16-17-36-37(6,7)29(2,3)4/h8-11,18,20,24H,12-17H2,1-7H3. The van der Waals surface area contributed by atoms with Gasteiger partial charge >= 0.3 is 0 Å². The summed E-state index contributed by atoms with van der Waals surface area (Å²) < 4.78 is 19.9. The van der Waals surface area contributed by atoms with Crippen LogP contribution in [-0.2, 0) is 9.16 Å². The highest BCUT2D eigenvalue weighted by Gasteiger charge is 2.37. The quantitative estimate of drug-likeness (QED) is 0.259. The zero-order chi connectivity index (χ0) is 26.8. The zero-order valence-corrected chi connectivity index (χ0v) is 24.3. The van der Waals surface area contributed by atoms with Crippen LogP contribution in [0.2, 0.25) is 18.1 Å². The van der Waals surface area contributed by atoms with Crippen molar-refractivity contribution in [2.75, 3.05) is 38.3 Å². The predicted octanol–water partition coefficient (Wildman–Crippen LogP) is 6.22. The van der Waals surface area contributed by atoms with Gasteiger partial charge in [-0.1, -0.05) is 20.8 Å². The molecule has 0 saturated carbocycles. The molecule has 3 heterocycles. The lowest BCUT2D eigenvalue weighted by atomic mass is 10.1. The fourth-order valence-corrected chi connectivity index (χ4v) is 5.72. The first-order valence-electron chi connectivity index (χ1n) is 13.1. The molecule has 2 aromatic heterocycles. The SMILES string of the molecule is COc1cc2c(cn1)c(C#N)c(C)n2-c1ccc(N2CCC(OCCO[Si](C)(C)C(C)(C)C)CC2)cc1. The molecule has 1 aliphatic heterocycles. The number of methoxy groups -OCH3 is 1. The number of rotatable bonds is 8. The van der Waals surface area contributed by atoms with Crippen molar-refractivity contribution in [3.05, 3.63) is 47.8 Å². The number of pyridine rings is 1. The van der Waals surface area contributed by atoms with E-state index in [-0.39, 0.29) is 5.04 Å². The molecule has 0 radical (unpaired) electrons. The number of anilines is 1. The number of fused-ring (bicyclic) bond motifs is 1. The Morgan fingerprint density at radius 1 is 1.08 bits per heavy atom. The maximum atomic E-state index is 9.73. The zero-order valence-electron chi connectivity index (χ0n) is 23.3. The van der Waals surface area contributed by atoms with Gasteiger partial charge in [0.15, 0.2) is 8.32 Å². The molecule has 3 aromatic rings. The molecule has 0 N–H and O–H groups in total. The van der Waals surface area contributed by atoms with Crippen LogP contribution in [0.25, 0.3) is 16.6 Å². The lowest BCUT2D eigenvalue weighted by Crippen LogP contribution is -2.42. The van der Waals surface area contributed by atoms with E-state index in [4.69, 9.17) is 13.9 Å². The van der Waals surface area contributed by atoms with Crippen molar-refractivity contribution in [1.82, 2.24) is 9.55 Å². The van der Waals surface area contributed by atoms with E-state index in [0.29, 0.717) is 30.8 Å². The largest absolute Gasteiger partial charge is 0.481 e. The van der Waals surface area contributed by atoms with E-state index < -0.39 is 8.32 Å². The van der Waals surface area contributed by atoms with Gasteiger partial charge in [0.25, 0.3) is 0 Å². The molecule has 1 saturated heterocycles. The van der Waals surface area contributed by atoms with E-state index in [1.807, 2.05) is 13.0 Å². The van der Waals surface area contributed by atoms with E-state index in [1.165, 1.54) is 5.69 Å². The van der Waals surface area contributed by atoms with Crippen LogP contribution in [-0.4, -0.2) is 57.4 Å². The van der Waals surface area contributed by atoms with Gasteiger partial charge in [0.05, 0.1) is 37.5 Å². The van der Waals surface area contributed by atoms with Crippen molar-refractivity contribution >= 4 is 24.9 Å². The molecule has 0 atom stereocenters. The highest BCUT2D eigenvalue weighted by atomic mass is 28.4. The summed E-state index contributed by atoms with van der Waals surface area (Å²) in [5.74, 6) is 0.531. The topological polar surface area (TPSA) is 72.5 Å². The first-order valence-corrected chi connectivity index (χ1v) is 16.0. The second kappa shape index (κ2) is 10.9. The van der Waals surface area contributed by atoms with Crippen LogP contribution in [0.3, 0.4) is 0 Å². The highest BCUT2D eigenvalue weighted by Crippen LogP contribution is 2.36. The van der Waals surface area contributed by atoms with Gasteiger partial charge in [-0.15, -0.1) is 0 Å². The number of benzene rings is 1. The van der Waals surface area contributed by atoms with Gasteiger partial charge in [-0.25, -0.2) is 4.98 Å². The highest BCUT2D eigenvalue weighted by molar-refractivity contribution is 6.74. The van der Waals surface area contributed by atoms with Crippen LogP contribution in [0, 0.1) is 18.3 Å². The van der Waals surface area contributed by atoms with Crippen LogP contribution in [0.15, 0.2) is 36.5 Å². The van der Waals surface area contributed by atoms with Crippen molar-refractivity contribution in [2.24, 2.45) is 0 Å². The third-order valence-electron chi connectivity index (χ3n) is 8.01. The molecule has 1 fully saturated rings. The summed E-state index contributed by atoms with van der Waals surface area (Å²) in [5.41, 5.74) is 4.68. The third kappa shape index (κ3) is 5.69. The molecule has 0 aliphatic carbocycles. The number of hydrogen-bond donors (Lipinski definition) is 0.